The molecule has 1 atom stereocenters. The number of rotatable bonds is 2. The van der Waals surface area contributed by atoms with Gasteiger partial charge in [0.25, 0.3) is 0 Å². The molecule has 1 unspecified atom stereocenters. The van der Waals surface area contributed by atoms with Gasteiger partial charge >= 0.3 is 0 Å². The van der Waals surface area contributed by atoms with Crippen molar-refractivity contribution in [3.63, 3.8) is 0 Å². The van der Waals surface area contributed by atoms with Gasteiger partial charge in [0.1, 0.15) is 0 Å². The Kier molecular flexibility index (Phi) is 6.81. The molecule has 0 N–H and O–H groups in total. The smallest absolute Gasteiger partial charge is 0.188 e. The summed E-state index contributed by atoms with van der Waals surface area (Å²) in [6, 6.07) is 0. The number of hydrogen-bond donors (Lipinski definition) is 0. The summed E-state index contributed by atoms with van der Waals surface area (Å²) in [5.41, 5.74) is 0. The summed E-state index contributed by atoms with van der Waals surface area (Å²) >= 11 is 0. The second-order valence-electron chi connectivity index (χ2n) is 2.87. The minimum atomic E-state index is -1.68. The van der Waals surface area contributed by atoms with Crippen LogP contribution >= 0.6 is 8.03 Å². The second kappa shape index (κ2) is 6.34. The van der Waals surface area contributed by atoms with Crippen molar-refractivity contribution in [2.45, 2.75) is 38.2 Å². The predicted octanol–water partition coefficient (Wildman–Crippen LogP) is 2.44. The van der Waals surface area contributed by atoms with E-state index >= 15 is 0 Å². The minimum absolute atomic E-state index is 0. The fraction of sp³-hybridized carbons (Fsp3) is 1.00. The zero-order valence-electron chi connectivity index (χ0n) is 7.14. The Morgan fingerprint density at radius 2 is 1.82 bits per heavy atom. The van der Waals surface area contributed by atoms with Gasteiger partial charge in [0.2, 0.25) is 0 Å². The summed E-state index contributed by atoms with van der Waals surface area (Å²) in [7, 11) is -1.68. The largest absolute Gasteiger partial charge is 0.327 e. The van der Waals surface area contributed by atoms with Crippen molar-refractivity contribution in [1.29, 1.82) is 0 Å². The van der Waals surface area contributed by atoms with Gasteiger partial charge in [-0.05, 0) is 12.8 Å². The third-order valence-electron chi connectivity index (χ3n) is 1.88. The first kappa shape index (κ1) is 11.8. The van der Waals surface area contributed by atoms with Crippen LogP contribution in [0, 0.1) is 0 Å². The van der Waals surface area contributed by atoms with Crippen molar-refractivity contribution in [2.75, 3.05) is 6.66 Å². The van der Waals surface area contributed by atoms with Gasteiger partial charge in [0.15, 0.2) is 8.03 Å². The van der Waals surface area contributed by atoms with Gasteiger partial charge in [-0.3, -0.25) is 4.57 Å². The maximum Gasteiger partial charge on any atom is 0.188 e. The Labute approximate surface area is 81.7 Å². The molecule has 0 bridgehead atoms. The van der Waals surface area contributed by atoms with E-state index in [1.165, 1.54) is 19.3 Å². The average Bonchev–Trinajstić information content (AvgIpc) is 1.88. The summed E-state index contributed by atoms with van der Waals surface area (Å²) in [6.45, 7) is 1.67. The third kappa shape index (κ3) is 5.12. The van der Waals surface area contributed by atoms with E-state index in [-0.39, 0.29) is 19.5 Å². The molecule has 1 rings (SSSR count). The van der Waals surface area contributed by atoms with Crippen LogP contribution in [0.2, 0.25) is 0 Å². The second-order valence-corrected chi connectivity index (χ2v) is 4.09. The summed E-state index contributed by atoms with van der Waals surface area (Å²) in [4.78, 5) is 0. The molecule has 4 heteroatoms. The molecule has 62 valence electrons. The SMILES string of the molecule is C[PH](=O)OC1CCCCC1.[Zn]. The minimum Gasteiger partial charge on any atom is -0.327 e. The molecule has 0 aliphatic heterocycles. The van der Waals surface area contributed by atoms with E-state index in [9.17, 15) is 4.57 Å². The van der Waals surface area contributed by atoms with Crippen LogP contribution in [0.25, 0.3) is 0 Å². The molecule has 0 aromatic heterocycles. The van der Waals surface area contributed by atoms with Crippen LogP contribution in [0.3, 0.4) is 0 Å². The van der Waals surface area contributed by atoms with E-state index in [4.69, 9.17) is 4.52 Å². The Hall–Kier alpha value is 0.813. The van der Waals surface area contributed by atoms with Crippen molar-refractivity contribution >= 4 is 8.03 Å². The van der Waals surface area contributed by atoms with E-state index < -0.39 is 8.03 Å². The van der Waals surface area contributed by atoms with Crippen LogP contribution in [-0.2, 0) is 28.6 Å². The molecule has 0 spiro atoms. The van der Waals surface area contributed by atoms with E-state index in [2.05, 4.69) is 0 Å². The Balaban J connectivity index is 0.000001000. The van der Waals surface area contributed by atoms with Gasteiger partial charge in [0.05, 0.1) is 6.10 Å². The van der Waals surface area contributed by atoms with E-state index in [1.54, 1.807) is 6.66 Å². The first-order valence-electron chi connectivity index (χ1n) is 3.96. The van der Waals surface area contributed by atoms with Crippen molar-refractivity contribution < 1.29 is 28.6 Å². The zero-order valence-corrected chi connectivity index (χ0v) is 11.1. The Bertz CT molecular complexity index is 124. The van der Waals surface area contributed by atoms with Crippen molar-refractivity contribution in [1.82, 2.24) is 0 Å². The molecule has 1 saturated carbocycles. The van der Waals surface area contributed by atoms with Crippen molar-refractivity contribution in [3.05, 3.63) is 0 Å². The molecular formula is C7H15O2PZn. The molecule has 0 amide bonds. The number of hydrogen-bond acceptors (Lipinski definition) is 2. The standard InChI is InChI=1S/C7H15O2P.Zn/c1-10(8)9-7-5-3-2-4-6-7;/h7,10H,2-6H2,1H3;. The predicted molar refractivity (Wildman–Crippen MR) is 42.9 cm³/mol. The first-order valence-corrected chi connectivity index (χ1v) is 5.78. The molecular weight excluding hydrogens is 212 g/mol. The summed E-state index contributed by atoms with van der Waals surface area (Å²) in [5, 5.41) is 0. The summed E-state index contributed by atoms with van der Waals surface area (Å²) in [6.07, 6.45) is 6.36. The molecule has 0 aromatic rings. The quantitative estimate of drug-likeness (QED) is 0.535. The molecule has 0 aromatic carbocycles. The van der Waals surface area contributed by atoms with Gasteiger partial charge in [0, 0.05) is 26.1 Å². The fourth-order valence-corrected chi connectivity index (χ4v) is 2.12. The van der Waals surface area contributed by atoms with Gasteiger partial charge < -0.3 is 4.52 Å². The maximum absolute atomic E-state index is 10.7. The molecule has 2 nitrogen and oxygen atoms in total. The van der Waals surface area contributed by atoms with Crippen LogP contribution in [0.1, 0.15) is 32.1 Å². The maximum atomic E-state index is 10.7. The van der Waals surface area contributed by atoms with Crippen LogP contribution < -0.4 is 0 Å². The van der Waals surface area contributed by atoms with Crippen LogP contribution in [0.4, 0.5) is 0 Å². The molecule has 11 heavy (non-hydrogen) atoms. The topological polar surface area (TPSA) is 26.3 Å². The van der Waals surface area contributed by atoms with Crippen molar-refractivity contribution in [2.24, 2.45) is 0 Å². The molecule has 0 radical (unpaired) electrons. The van der Waals surface area contributed by atoms with Crippen LogP contribution in [-0.4, -0.2) is 12.8 Å². The Morgan fingerprint density at radius 3 is 2.27 bits per heavy atom. The van der Waals surface area contributed by atoms with Crippen LogP contribution in [0.15, 0.2) is 0 Å². The van der Waals surface area contributed by atoms with E-state index in [0.717, 1.165) is 12.8 Å². The third-order valence-corrected chi connectivity index (χ3v) is 2.55. The zero-order chi connectivity index (χ0) is 7.40. The Morgan fingerprint density at radius 1 is 1.27 bits per heavy atom. The van der Waals surface area contributed by atoms with Crippen molar-refractivity contribution in [3.8, 4) is 0 Å². The van der Waals surface area contributed by atoms with Gasteiger partial charge in [-0.2, -0.15) is 0 Å². The summed E-state index contributed by atoms with van der Waals surface area (Å²) < 4.78 is 15.9. The molecule has 0 saturated heterocycles. The van der Waals surface area contributed by atoms with Crippen LogP contribution in [0.5, 0.6) is 0 Å². The van der Waals surface area contributed by atoms with Gasteiger partial charge in [-0.25, -0.2) is 0 Å². The average molecular weight is 228 g/mol. The van der Waals surface area contributed by atoms with Gasteiger partial charge in [-0.1, -0.05) is 19.3 Å². The molecule has 1 fully saturated rings. The molecule has 1 aliphatic carbocycles. The van der Waals surface area contributed by atoms with Gasteiger partial charge in [-0.15, -0.1) is 0 Å². The van der Waals surface area contributed by atoms with E-state index in [0.29, 0.717) is 6.10 Å². The fourth-order valence-electron chi connectivity index (χ4n) is 1.42. The monoisotopic (exact) mass is 226 g/mol. The summed E-state index contributed by atoms with van der Waals surface area (Å²) in [5.74, 6) is 0. The first-order chi connectivity index (χ1) is 4.79. The van der Waals surface area contributed by atoms with E-state index in [1.807, 2.05) is 0 Å². The molecule has 0 heterocycles. The molecule has 1 aliphatic rings. The normalized spacial score (nSPS) is 22.3.